The molecule has 0 saturated heterocycles. The van der Waals surface area contributed by atoms with Crippen LogP contribution in [0.25, 0.3) is 0 Å². The van der Waals surface area contributed by atoms with Crippen molar-refractivity contribution in [3.63, 3.8) is 0 Å². The van der Waals surface area contributed by atoms with Gasteiger partial charge in [-0.25, -0.2) is 0 Å². The summed E-state index contributed by atoms with van der Waals surface area (Å²) in [5, 5.41) is 9.00. The van der Waals surface area contributed by atoms with Crippen LogP contribution in [0.5, 0.6) is 11.5 Å². The minimum Gasteiger partial charge on any atom is -0.456 e. The van der Waals surface area contributed by atoms with Crippen LogP contribution < -0.4 is 4.74 Å². The van der Waals surface area contributed by atoms with E-state index in [4.69, 9.17) is 10.00 Å². The highest BCUT2D eigenvalue weighted by Gasteiger charge is 2.05. The Balaban J connectivity index is 2.36. The number of ether oxygens (including phenoxy) is 1. The lowest BCUT2D eigenvalue weighted by molar-refractivity contribution is 0.480. The summed E-state index contributed by atoms with van der Waals surface area (Å²) in [6.07, 6.45) is 0. The summed E-state index contributed by atoms with van der Waals surface area (Å²) >= 11 is 5.58. The molecule has 0 aliphatic heterocycles. The normalized spacial score (nSPS) is 9.71. The molecule has 2 aromatic rings. The van der Waals surface area contributed by atoms with E-state index in [-0.39, 0.29) is 0 Å². The lowest BCUT2D eigenvalue weighted by atomic mass is 10.2. The number of nitriles is 1. The van der Waals surface area contributed by atoms with Gasteiger partial charge < -0.3 is 4.74 Å². The van der Waals surface area contributed by atoms with Crippen LogP contribution in [0.3, 0.4) is 0 Å². The summed E-state index contributed by atoms with van der Waals surface area (Å²) < 4.78 is 7.68. The van der Waals surface area contributed by atoms with Crippen molar-refractivity contribution < 1.29 is 4.74 Å². The fourth-order valence-electron chi connectivity index (χ4n) is 1.33. The van der Waals surface area contributed by atoms with E-state index in [2.05, 4.69) is 44.6 Å². The average molecular weight is 400 g/mol. The zero-order chi connectivity index (χ0) is 12.3. The topological polar surface area (TPSA) is 33.0 Å². The highest BCUT2D eigenvalue weighted by molar-refractivity contribution is 14.1. The second kappa shape index (κ2) is 5.52. The minimum absolute atomic E-state index is 0.520. The lowest BCUT2D eigenvalue weighted by Gasteiger charge is -2.08. The standard InChI is InChI=1S/C13H7BrINO/c14-10-5-4-9(8-16)13(6-10)17-12-3-1-2-11(15)7-12/h1-7H. The molecule has 4 heteroatoms. The van der Waals surface area contributed by atoms with Gasteiger partial charge in [-0.2, -0.15) is 5.26 Å². The Hall–Kier alpha value is -1.06. The summed E-state index contributed by atoms with van der Waals surface area (Å²) in [5.41, 5.74) is 0.520. The Morgan fingerprint density at radius 2 is 2.00 bits per heavy atom. The van der Waals surface area contributed by atoms with Gasteiger partial charge in [0.15, 0.2) is 0 Å². The van der Waals surface area contributed by atoms with Crippen LogP contribution >= 0.6 is 38.5 Å². The van der Waals surface area contributed by atoms with E-state index >= 15 is 0 Å². The van der Waals surface area contributed by atoms with Gasteiger partial charge in [-0.3, -0.25) is 0 Å². The van der Waals surface area contributed by atoms with Crippen molar-refractivity contribution in [1.29, 1.82) is 5.26 Å². The number of hydrogen-bond acceptors (Lipinski definition) is 2. The largest absolute Gasteiger partial charge is 0.456 e. The van der Waals surface area contributed by atoms with Crippen LogP contribution in [0.4, 0.5) is 0 Å². The summed E-state index contributed by atoms with van der Waals surface area (Å²) in [7, 11) is 0. The van der Waals surface area contributed by atoms with Crippen molar-refractivity contribution in [1.82, 2.24) is 0 Å². The van der Waals surface area contributed by atoms with Gasteiger partial charge in [-0.15, -0.1) is 0 Å². The monoisotopic (exact) mass is 399 g/mol. The van der Waals surface area contributed by atoms with Gasteiger partial charge in [-0.1, -0.05) is 22.0 Å². The first kappa shape index (κ1) is 12.4. The van der Waals surface area contributed by atoms with E-state index in [1.54, 1.807) is 12.1 Å². The van der Waals surface area contributed by atoms with Crippen molar-refractivity contribution >= 4 is 38.5 Å². The van der Waals surface area contributed by atoms with E-state index in [9.17, 15) is 0 Å². The molecular weight excluding hydrogens is 393 g/mol. The zero-order valence-corrected chi connectivity index (χ0v) is 12.4. The van der Waals surface area contributed by atoms with Gasteiger partial charge in [0.1, 0.15) is 17.6 Å². The van der Waals surface area contributed by atoms with Crippen LogP contribution in [0.15, 0.2) is 46.9 Å². The molecule has 0 bridgehead atoms. The van der Waals surface area contributed by atoms with Crippen LogP contribution in [0.2, 0.25) is 0 Å². The average Bonchev–Trinajstić information content (AvgIpc) is 2.29. The quantitative estimate of drug-likeness (QED) is 0.684. The molecule has 0 heterocycles. The zero-order valence-electron chi connectivity index (χ0n) is 8.65. The van der Waals surface area contributed by atoms with Gasteiger partial charge in [0, 0.05) is 8.04 Å². The van der Waals surface area contributed by atoms with Gasteiger partial charge >= 0.3 is 0 Å². The fraction of sp³-hybridized carbons (Fsp3) is 0. The molecule has 17 heavy (non-hydrogen) atoms. The first-order valence-corrected chi connectivity index (χ1v) is 6.69. The molecule has 0 radical (unpaired) electrons. The van der Waals surface area contributed by atoms with Gasteiger partial charge in [-0.05, 0) is 59.0 Å². The van der Waals surface area contributed by atoms with Crippen LogP contribution in [-0.4, -0.2) is 0 Å². The molecule has 2 nitrogen and oxygen atoms in total. The maximum absolute atomic E-state index is 9.00. The molecule has 84 valence electrons. The Morgan fingerprint density at radius 3 is 2.71 bits per heavy atom. The van der Waals surface area contributed by atoms with Crippen molar-refractivity contribution in [2.24, 2.45) is 0 Å². The number of halogens is 2. The van der Waals surface area contributed by atoms with E-state index in [0.29, 0.717) is 11.3 Å². The number of benzene rings is 2. The summed E-state index contributed by atoms with van der Waals surface area (Å²) in [6.45, 7) is 0. The minimum atomic E-state index is 0.520. The predicted molar refractivity (Wildman–Crippen MR) is 78.1 cm³/mol. The first-order chi connectivity index (χ1) is 8.19. The van der Waals surface area contributed by atoms with E-state index in [1.165, 1.54) is 0 Å². The maximum Gasteiger partial charge on any atom is 0.146 e. The smallest absolute Gasteiger partial charge is 0.146 e. The Morgan fingerprint density at radius 1 is 1.18 bits per heavy atom. The maximum atomic E-state index is 9.00. The van der Waals surface area contributed by atoms with Crippen molar-refractivity contribution in [2.45, 2.75) is 0 Å². The molecule has 0 unspecified atom stereocenters. The third-order valence-electron chi connectivity index (χ3n) is 2.09. The Kier molecular flexibility index (Phi) is 4.02. The molecule has 0 N–H and O–H groups in total. The summed E-state index contributed by atoms with van der Waals surface area (Å²) in [4.78, 5) is 0. The highest BCUT2D eigenvalue weighted by atomic mass is 127. The van der Waals surface area contributed by atoms with Crippen molar-refractivity contribution in [3.8, 4) is 17.6 Å². The first-order valence-electron chi connectivity index (χ1n) is 4.82. The van der Waals surface area contributed by atoms with Gasteiger partial charge in [0.25, 0.3) is 0 Å². The number of rotatable bonds is 2. The van der Waals surface area contributed by atoms with Crippen molar-refractivity contribution in [2.75, 3.05) is 0 Å². The third-order valence-corrected chi connectivity index (χ3v) is 3.25. The lowest BCUT2D eigenvalue weighted by Crippen LogP contribution is -1.88. The third kappa shape index (κ3) is 3.20. The summed E-state index contributed by atoms with van der Waals surface area (Å²) in [5.74, 6) is 1.29. The second-order valence-electron chi connectivity index (χ2n) is 3.31. The van der Waals surface area contributed by atoms with Crippen LogP contribution in [0.1, 0.15) is 5.56 Å². The van der Waals surface area contributed by atoms with E-state index in [0.717, 1.165) is 13.8 Å². The highest BCUT2D eigenvalue weighted by Crippen LogP contribution is 2.28. The van der Waals surface area contributed by atoms with Crippen LogP contribution in [0, 0.1) is 14.9 Å². The molecule has 0 saturated carbocycles. The summed E-state index contributed by atoms with van der Waals surface area (Å²) in [6, 6.07) is 15.1. The molecule has 0 fully saturated rings. The van der Waals surface area contributed by atoms with Crippen LogP contribution in [-0.2, 0) is 0 Å². The van der Waals surface area contributed by atoms with E-state index in [1.807, 2.05) is 30.3 Å². The molecular formula is C13H7BrINO. The molecule has 0 spiro atoms. The predicted octanol–water partition coefficient (Wildman–Crippen LogP) is 4.72. The molecule has 0 aliphatic carbocycles. The van der Waals surface area contributed by atoms with Crippen molar-refractivity contribution in [3.05, 3.63) is 56.1 Å². The molecule has 2 rings (SSSR count). The molecule has 0 aliphatic rings. The molecule has 0 amide bonds. The molecule has 0 aromatic heterocycles. The van der Waals surface area contributed by atoms with Gasteiger partial charge in [0.05, 0.1) is 5.56 Å². The number of hydrogen-bond donors (Lipinski definition) is 0. The Labute approximate surface area is 121 Å². The Bertz CT molecular complexity index is 592. The molecule has 0 atom stereocenters. The molecule has 2 aromatic carbocycles. The number of nitrogens with zero attached hydrogens (tertiary/aromatic N) is 1. The van der Waals surface area contributed by atoms with E-state index < -0.39 is 0 Å². The SMILES string of the molecule is N#Cc1ccc(Br)cc1Oc1cccc(I)c1. The fourth-order valence-corrected chi connectivity index (χ4v) is 2.19. The second-order valence-corrected chi connectivity index (χ2v) is 5.47. The van der Waals surface area contributed by atoms with Gasteiger partial charge in [0.2, 0.25) is 0 Å².